The fraction of sp³-hybridized carbons (Fsp3) is 0.429. The second-order valence-electron chi connectivity index (χ2n) is 4.72. The van der Waals surface area contributed by atoms with Crippen LogP contribution in [0.3, 0.4) is 0 Å². The maximum atomic E-state index is 13.1. The zero-order valence-electron chi connectivity index (χ0n) is 11.6. The minimum absolute atomic E-state index is 0. The second kappa shape index (κ2) is 7.95. The lowest BCUT2D eigenvalue weighted by atomic mass is 10.1. The molecular weight excluding hydrogens is 297 g/mol. The molecule has 0 radical (unpaired) electrons. The van der Waals surface area contributed by atoms with Gasteiger partial charge in [-0.3, -0.25) is 9.59 Å². The topological polar surface area (TPSA) is 66.6 Å². The van der Waals surface area contributed by atoms with E-state index in [1.807, 2.05) is 0 Å². The molecule has 1 aromatic rings. The molecule has 0 saturated carbocycles. The highest BCUT2D eigenvalue weighted by Gasteiger charge is 2.24. The van der Waals surface area contributed by atoms with E-state index in [0.29, 0.717) is 44.7 Å². The summed E-state index contributed by atoms with van der Waals surface area (Å²) in [6, 6.07) is 5.65. The van der Waals surface area contributed by atoms with Gasteiger partial charge in [0, 0.05) is 44.7 Å². The molecule has 1 saturated heterocycles. The van der Waals surface area contributed by atoms with E-state index in [-0.39, 0.29) is 24.2 Å². The summed E-state index contributed by atoms with van der Waals surface area (Å²) in [5.74, 6) is -0.603. The minimum Gasteiger partial charge on any atom is -0.339 e. The van der Waals surface area contributed by atoms with Crippen molar-refractivity contribution in [2.24, 2.45) is 5.73 Å². The van der Waals surface area contributed by atoms with Gasteiger partial charge in [-0.05, 0) is 18.2 Å². The molecule has 1 fully saturated rings. The van der Waals surface area contributed by atoms with Gasteiger partial charge in [-0.15, -0.1) is 12.4 Å². The summed E-state index contributed by atoms with van der Waals surface area (Å²) in [5.41, 5.74) is 5.69. The minimum atomic E-state index is -0.424. The van der Waals surface area contributed by atoms with Crippen LogP contribution in [0.5, 0.6) is 0 Å². The average molecular weight is 316 g/mol. The Hall–Kier alpha value is -1.66. The Bertz CT molecular complexity index is 505. The zero-order valence-corrected chi connectivity index (χ0v) is 12.4. The third kappa shape index (κ3) is 4.41. The fourth-order valence-corrected chi connectivity index (χ4v) is 2.24. The van der Waals surface area contributed by atoms with E-state index in [2.05, 4.69) is 0 Å². The summed E-state index contributed by atoms with van der Waals surface area (Å²) in [6.07, 6.45) is 0.331. The number of carbonyl (C=O) groups excluding carboxylic acids is 2. The number of nitrogens with two attached hydrogens (primary N) is 1. The largest absolute Gasteiger partial charge is 0.339 e. The third-order valence-corrected chi connectivity index (χ3v) is 3.35. The summed E-state index contributed by atoms with van der Waals surface area (Å²) in [6.45, 7) is 2.26. The Balaban J connectivity index is 0.00000220. The maximum absolute atomic E-state index is 13.1. The first kappa shape index (κ1) is 17.4. The second-order valence-corrected chi connectivity index (χ2v) is 4.72. The van der Waals surface area contributed by atoms with E-state index in [1.54, 1.807) is 15.9 Å². The van der Waals surface area contributed by atoms with Gasteiger partial charge in [0.05, 0.1) is 0 Å². The quantitative estimate of drug-likeness (QED) is 0.900. The Morgan fingerprint density at radius 2 is 1.76 bits per heavy atom. The number of piperazine rings is 1. The van der Waals surface area contributed by atoms with Gasteiger partial charge in [-0.2, -0.15) is 0 Å². The molecule has 2 rings (SSSR count). The van der Waals surface area contributed by atoms with Crippen LogP contribution in [0.1, 0.15) is 16.8 Å². The molecular formula is C14H19ClFN3O2. The first-order valence-corrected chi connectivity index (χ1v) is 6.64. The molecule has 0 aliphatic carbocycles. The van der Waals surface area contributed by atoms with E-state index < -0.39 is 5.82 Å². The highest BCUT2D eigenvalue weighted by molar-refractivity contribution is 5.94. The van der Waals surface area contributed by atoms with Crippen molar-refractivity contribution in [3.63, 3.8) is 0 Å². The van der Waals surface area contributed by atoms with Crippen LogP contribution in [0.2, 0.25) is 0 Å². The molecule has 116 valence electrons. The van der Waals surface area contributed by atoms with Gasteiger partial charge >= 0.3 is 0 Å². The molecule has 0 atom stereocenters. The summed E-state index contributed by atoms with van der Waals surface area (Å²) < 4.78 is 13.1. The van der Waals surface area contributed by atoms with Crippen LogP contribution in [-0.4, -0.2) is 54.3 Å². The summed E-state index contributed by atoms with van der Waals surface area (Å²) in [7, 11) is 0. The van der Waals surface area contributed by atoms with E-state index in [0.717, 1.165) is 0 Å². The van der Waals surface area contributed by atoms with Gasteiger partial charge in [0.2, 0.25) is 5.91 Å². The number of benzene rings is 1. The molecule has 1 heterocycles. The monoisotopic (exact) mass is 315 g/mol. The lowest BCUT2D eigenvalue weighted by molar-refractivity contribution is -0.132. The van der Waals surface area contributed by atoms with Crippen LogP contribution in [0.15, 0.2) is 24.3 Å². The molecule has 0 unspecified atom stereocenters. The molecule has 21 heavy (non-hydrogen) atoms. The van der Waals surface area contributed by atoms with Crippen LogP contribution in [-0.2, 0) is 4.79 Å². The number of amides is 2. The van der Waals surface area contributed by atoms with Crippen LogP contribution in [0, 0.1) is 5.82 Å². The van der Waals surface area contributed by atoms with E-state index in [1.165, 1.54) is 18.2 Å². The van der Waals surface area contributed by atoms with Gasteiger partial charge in [0.15, 0.2) is 0 Å². The van der Waals surface area contributed by atoms with Crippen molar-refractivity contribution in [2.75, 3.05) is 32.7 Å². The number of rotatable bonds is 3. The molecule has 1 aliphatic rings. The van der Waals surface area contributed by atoms with Gasteiger partial charge in [0.1, 0.15) is 5.82 Å². The highest BCUT2D eigenvalue weighted by atomic mass is 35.5. The first-order chi connectivity index (χ1) is 9.61. The maximum Gasteiger partial charge on any atom is 0.254 e. The number of halogens is 2. The predicted molar refractivity (Wildman–Crippen MR) is 79.8 cm³/mol. The van der Waals surface area contributed by atoms with Crippen molar-refractivity contribution >= 4 is 24.2 Å². The van der Waals surface area contributed by atoms with Crippen molar-refractivity contribution in [1.82, 2.24) is 9.80 Å². The Kier molecular flexibility index (Phi) is 6.58. The number of hydrogen-bond acceptors (Lipinski definition) is 3. The van der Waals surface area contributed by atoms with Crippen molar-refractivity contribution in [1.29, 1.82) is 0 Å². The van der Waals surface area contributed by atoms with Crippen molar-refractivity contribution in [3.05, 3.63) is 35.6 Å². The van der Waals surface area contributed by atoms with Crippen LogP contribution in [0.25, 0.3) is 0 Å². The molecule has 5 nitrogen and oxygen atoms in total. The Labute approximate surface area is 129 Å². The number of carbonyl (C=O) groups is 2. The molecule has 0 bridgehead atoms. The Morgan fingerprint density at radius 1 is 1.14 bits per heavy atom. The lowest BCUT2D eigenvalue weighted by Crippen LogP contribution is -2.50. The normalized spacial score (nSPS) is 14.6. The molecule has 0 spiro atoms. The summed E-state index contributed by atoms with van der Waals surface area (Å²) in [5, 5.41) is 0. The van der Waals surface area contributed by atoms with Crippen molar-refractivity contribution < 1.29 is 14.0 Å². The van der Waals surface area contributed by atoms with E-state index in [4.69, 9.17) is 5.73 Å². The standard InChI is InChI=1S/C14H18FN3O2.ClH/c15-12-3-1-2-11(10-12)14(20)18-8-6-17(7-9-18)13(19)4-5-16;/h1-3,10H,4-9,16H2;1H. The van der Waals surface area contributed by atoms with Crippen LogP contribution < -0.4 is 5.73 Å². The van der Waals surface area contributed by atoms with Crippen molar-refractivity contribution in [2.45, 2.75) is 6.42 Å². The van der Waals surface area contributed by atoms with E-state index in [9.17, 15) is 14.0 Å². The molecule has 2 N–H and O–H groups in total. The molecule has 2 amide bonds. The third-order valence-electron chi connectivity index (χ3n) is 3.35. The van der Waals surface area contributed by atoms with Gasteiger partial charge in [-0.1, -0.05) is 6.07 Å². The molecule has 1 aromatic carbocycles. The number of nitrogens with zero attached hydrogens (tertiary/aromatic N) is 2. The SMILES string of the molecule is Cl.NCCC(=O)N1CCN(C(=O)c2cccc(F)c2)CC1. The van der Waals surface area contributed by atoms with Crippen molar-refractivity contribution in [3.8, 4) is 0 Å². The molecule has 0 aromatic heterocycles. The lowest BCUT2D eigenvalue weighted by Gasteiger charge is -2.34. The first-order valence-electron chi connectivity index (χ1n) is 6.64. The Morgan fingerprint density at radius 3 is 2.33 bits per heavy atom. The fourth-order valence-electron chi connectivity index (χ4n) is 2.24. The highest BCUT2D eigenvalue weighted by Crippen LogP contribution is 2.11. The average Bonchev–Trinajstić information content (AvgIpc) is 2.47. The molecule has 1 aliphatic heterocycles. The number of hydrogen-bond donors (Lipinski definition) is 1. The van der Waals surface area contributed by atoms with Gasteiger partial charge in [0.25, 0.3) is 5.91 Å². The summed E-state index contributed by atoms with van der Waals surface area (Å²) >= 11 is 0. The van der Waals surface area contributed by atoms with E-state index >= 15 is 0 Å². The van der Waals surface area contributed by atoms with Crippen LogP contribution >= 0.6 is 12.4 Å². The smallest absolute Gasteiger partial charge is 0.254 e. The zero-order chi connectivity index (χ0) is 14.5. The predicted octanol–water partition coefficient (Wildman–Crippen LogP) is 0.881. The van der Waals surface area contributed by atoms with Gasteiger partial charge in [-0.25, -0.2) is 4.39 Å². The van der Waals surface area contributed by atoms with Gasteiger partial charge < -0.3 is 15.5 Å². The van der Waals surface area contributed by atoms with Crippen LogP contribution in [0.4, 0.5) is 4.39 Å². The summed E-state index contributed by atoms with van der Waals surface area (Å²) in [4.78, 5) is 27.2. The molecule has 7 heteroatoms.